The molecule has 0 amide bonds. The van der Waals surface area contributed by atoms with Gasteiger partial charge >= 0.3 is 0 Å². The predicted octanol–water partition coefficient (Wildman–Crippen LogP) is -1.13. The van der Waals surface area contributed by atoms with Crippen molar-refractivity contribution in [2.75, 3.05) is 13.6 Å². The van der Waals surface area contributed by atoms with Crippen LogP contribution < -0.4 is 16.8 Å². The number of likely N-dealkylation sites (N-methyl/N-ethyl adjacent to an activating group) is 1. The highest BCUT2D eigenvalue weighted by molar-refractivity contribution is 5.75. The average Bonchev–Trinajstić information content (AvgIpc) is 1.83. The molecule has 0 radical (unpaired) electrons. The van der Waals surface area contributed by atoms with E-state index in [4.69, 9.17) is 11.5 Å². The summed E-state index contributed by atoms with van der Waals surface area (Å²) in [6.45, 7) is 2.64. The molecular weight excluding hydrogens is 116 g/mol. The molecule has 0 spiro atoms. The zero-order valence-electron chi connectivity index (χ0n) is 5.89. The molecule has 0 aliphatic carbocycles. The lowest BCUT2D eigenvalue weighted by Gasteiger charge is -2.04. The number of aliphatic imine (C=N–C) groups is 1. The lowest BCUT2D eigenvalue weighted by molar-refractivity contribution is 0.622. The highest BCUT2D eigenvalue weighted by Crippen LogP contribution is 1.78. The Hall–Kier alpha value is -0.770. The van der Waals surface area contributed by atoms with Gasteiger partial charge in [0, 0.05) is 6.04 Å². The molecule has 0 bridgehead atoms. The number of hydrogen-bond acceptors (Lipinski definition) is 2. The third-order valence-electron chi connectivity index (χ3n) is 1.04. The van der Waals surface area contributed by atoms with Crippen LogP contribution in [-0.4, -0.2) is 25.6 Å². The number of rotatable bonds is 3. The summed E-state index contributed by atoms with van der Waals surface area (Å²) in [5.74, 6) is 0.150. The SMILES string of the molecule is CNC(C)CN=C(N)N. The van der Waals surface area contributed by atoms with E-state index in [1.807, 2.05) is 14.0 Å². The molecule has 0 heterocycles. The third kappa shape index (κ3) is 5.10. The topological polar surface area (TPSA) is 76.4 Å². The zero-order chi connectivity index (χ0) is 7.28. The number of hydrogen-bond donors (Lipinski definition) is 3. The molecule has 1 atom stereocenters. The van der Waals surface area contributed by atoms with Gasteiger partial charge in [-0.15, -0.1) is 0 Å². The smallest absolute Gasteiger partial charge is 0.185 e. The molecule has 0 aromatic heterocycles. The van der Waals surface area contributed by atoms with Crippen molar-refractivity contribution >= 4 is 5.96 Å². The summed E-state index contributed by atoms with van der Waals surface area (Å²) in [6.07, 6.45) is 0. The van der Waals surface area contributed by atoms with Gasteiger partial charge in [-0.1, -0.05) is 0 Å². The fourth-order valence-electron chi connectivity index (χ4n) is 0.334. The van der Waals surface area contributed by atoms with Crippen LogP contribution in [0.15, 0.2) is 4.99 Å². The molecule has 4 heteroatoms. The molecule has 0 aromatic carbocycles. The van der Waals surface area contributed by atoms with Crippen LogP contribution in [0.4, 0.5) is 0 Å². The van der Waals surface area contributed by atoms with Gasteiger partial charge in [0.2, 0.25) is 0 Å². The van der Waals surface area contributed by atoms with E-state index in [9.17, 15) is 0 Å². The Kier molecular flexibility index (Phi) is 3.79. The first-order chi connectivity index (χ1) is 4.16. The third-order valence-corrected chi connectivity index (χ3v) is 1.04. The molecule has 5 N–H and O–H groups in total. The second-order valence-electron chi connectivity index (χ2n) is 1.96. The Bertz CT molecular complexity index is 95.1. The molecule has 0 aliphatic heterocycles. The minimum atomic E-state index is 0.150. The monoisotopic (exact) mass is 130 g/mol. The number of nitrogens with one attached hydrogen (secondary N) is 1. The molecule has 9 heavy (non-hydrogen) atoms. The molecular formula is C5H14N4. The highest BCUT2D eigenvalue weighted by Gasteiger charge is 1.93. The van der Waals surface area contributed by atoms with Gasteiger partial charge in [0.15, 0.2) is 5.96 Å². The second-order valence-corrected chi connectivity index (χ2v) is 1.96. The van der Waals surface area contributed by atoms with Crippen molar-refractivity contribution in [3.8, 4) is 0 Å². The Morgan fingerprint density at radius 3 is 2.56 bits per heavy atom. The summed E-state index contributed by atoms with van der Waals surface area (Å²) in [6, 6.07) is 0.340. The number of guanidine groups is 1. The van der Waals surface area contributed by atoms with Gasteiger partial charge in [0.25, 0.3) is 0 Å². The van der Waals surface area contributed by atoms with Gasteiger partial charge in [0.1, 0.15) is 0 Å². The van der Waals surface area contributed by atoms with Crippen LogP contribution in [0.2, 0.25) is 0 Å². The van der Waals surface area contributed by atoms with Crippen LogP contribution in [-0.2, 0) is 0 Å². The van der Waals surface area contributed by atoms with Crippen molar-refractivity contribution in [2.45, 2.75) is 13.0 Å². The van der Waals surface area contributed by atoms with E-state index < -0.39 is 0 Å². The standard InChI is InChI=1S/C5H14N4/c1-4(8-2)3-9-5(6)7/h4,8H,3H2,1-2H3,(H4,6,7,9). The first kappa shape index (κ1) is 8.23. The normalized spacial score (nSPS) is 12.7. The number of nitrogens with zero attached hydrogens (tertiary/aromatic N) is 1. The van der Waals surface area contributed by atoms with Crippen molar-refractivity contribution in [2.24, 2.45) is 16.5 Å². The maximum atomic E-state index is 5.10. The van der Waals surface area contributed by atoms with Crippen LogP contribution >= 0.6 is 0 Å². The van der Waals surface area contributed by atoms with E-state index in [1.54, 1.807) is 0 Å². The van der Waals surface area contributed by atoms with Crippen LogP contribution in [0, 0.1) is 0 Å². The van der Waals surface area contributed by atoms with E-state index >= 15 is 0 Å². The van der Waals surface area contributed by atoms with Gasteiger partial charge in [-0.05, 0) is 14.0 Å². The van der Waals surface area contributed by atoms with Crippen molar-refractivity contribution in [3.05, 3.63) is 0 Å². The fraction of sp³-hybridized carbons (Fsp3) is 0.800. The van der Waals surface area contributed by atoms with E-state index in [-0.39, 0.29) is 5.96 Å². The molecule has 0 rings (SSSR count). The first-order valence-corrected chi connectivity index (χ1v) is 2.89. The van der Waals surface area contributed by atoms with E-state index in [2.05, 4.69) is 10.3 Å². The second kappa shape index (κ2) is 4.14. The molecule has 0 aliphatic rings. The minimum absolute atomic E-state index is 0.150. The molecule has 0 saturated carbocycles. The summed E-state index contributed by atoms with van der Waals surface area (Å²) < 4.78 is 0. The Labute approximate surface area is 55.3 Å². The summed E-state index contributed by atoms with van der Waals surface area (Å²) in [4.78, 5) is 3.81. The summed E-state index contributed by atoms with van der Waals surface area (Å²) >= 11 is 0. The zero-order valence-corrected chi connectivity index (χ0v) is 5.89. The van der Waals surface area contributed by atoms with Gasteiger partial charge in [-0.25, -0.2) is 0 Å². The van der Waals surface area contributed by atoms with Crippen LogP contribution in [0.25, 0.3) is 0 Å². The van der Waals surface area contributed by atoms with Crippen LogP contribution in [0.3, 0.4) is 0 Å². The molecule has 0 aromatic rings. The van der Waals surface area contributed by atoms with Gasteiger partial charge in [0.05, 0.1) is 6.54 Å². The molecule has 0 fully saturated rings. The lowest BCUT2D eigenvalue weighted by Crippen LogP contribution is -2.29. The maximum absolute atomic E-state index is 5.10. The Balaban J connectivity index is 3.37. The van der Waals surface area contributed by atoms with E-state index in [0.717, 1.165) is 0 Å². The van der Waals surface area contributed by atoms with Crippen LogP contribution in [0.5, 0.6) is 0 Å². The van der Waals surface area contributed by atoms with E-state index in [0.29, 0.717) is 12.6 Å². The van der Waals surface area contributed by atoms with Crippen molar-refractivity contribution in [1.82, 2.24) is 5.32 Å². The molecule has 54 valence electrons. The van der Waals surface area contributed by atoms with Crippen molar-refractivity contribution < 1.29 is 0 Å². The highest BCUT2D eigenvalue weighted by atomic mass is 15.0. The van der Waals surface area contributed by atoms with Crippen molar-refractivity contribution in [1.29, 1.82) is 0 Å². The van der Waals surface area contributed by atoms with E-state index in [1.165, 1.54) is 0 Å². The summed E-state index contributed by atoms with van der Waals surface area (Å²) in [5.41, 5.74) is 10.2. The molecule has 4 nitrogen and oxygen atoms in total. The van der Waals surface area contributed by atoms with Crippen LogP contribution in [0.1, 0.15) is 6.92 Å². The fourth-order valence-corrected chi connectivity index (χ4v) is 0.334. The Morgan fingerprint density at radius 1 is 1.67 bits per heavy atom. The predicted molar refractivity (Wildman–Crippen MR) is 39.2 cm³/mol. The quantitative estimate of drug-likeness (QED) is 0.334. The molecule has 1 unspecified atom stereocenters. The van der Waals surface area contributed by atoms with Gasteiger partial charge < -0.3 is 16.8 Å². The van der Waals surface area contributed by atoms with Gasteiger partial charge in [-0.3, -0.25) is 4.99 Å². The summed E-state index contributed by atoms with van der Waals surface area (Å²) in [5, 5.41) is 3.00. The van der Waals surface area contributed by atoms with Gasteiger partial charge in [-0.2, -0.15) is 0 Å². The molecule has 0 saturated heterocycles. The Morgan fingerprint density at radius 2 is 2.22 bits per heavy atom. The first-order valence-electron chi connectivity index (χ1n) is 2.89. The van der Waals surface area contributed by atoms with Crippen molar-refractivity contribution in [3.63, 3.8) is 0 Å². The lowest BCUT2D eigenvalue weighted by atomic mass is 10.3. The maximum Gasteiger partial charge on any atom is 0.185 e. The minimum Gasteiger partial charge on any atom is -0.370 e. The largest absolute Gasteiger partial charge is 0.370 e. The summed E-state index contributed by atoms with van der Waals surface area (Å²) in [7, 11) is 1.87. The number of nitrogens with two attached hydrogens (primary N) is 2. The average molecular weight is 130 g/mol.